The highest BCUT2D eigenvalue weighted by atomic mass is 14.2. The number of hydrogen-bond acceptors (Lipinski definition) is 0. The third kappa shape index (κ3) is 10.1. The summed E-state index contributed by atoms with van der Waals surface area (Å²) in [6.07, 6.45) is 10.7. The quantitative estimate of drug-likeness (QED) is 0.490. The van der Waals surface area contributed by atoms with Gasteiger partial charge in [-0.3, -0.25) is 0 Å². The van der Waals surface area contributed by atoms with Gasteiger partial charge in [-0.05, 0) is 30.6 Å². The molecule has 0 heterocycles. The maximum absolute atomic E-state index is 2.51. The summed E-state index contributed by atoms with van der Waals surface area (Å²) in [5.41, 5.74) is 0.500. The predicted molar refractivity (Wildman–Crippen MR) is 66.3 cm³/mol. The molecule has 0 saturated carbocycles. The van der Waals surface area contributed by atoms with Crippen molar-refractivity contribution in [3.05, 3.63) is 6.42 Å². The van der Waals surface area contributed by atoms with Crippen LogP contribution in [0.4, 0.5) is 0 Å². The molecule has 1 unspecified atom stereocenters. The molecule has 0 spiro atoms. The molecule has 0 saturated heterocycles. The summed E-state index contributed by atoms with van der Waals surface area (Å²) < 4.78 is 0. The van der Waals surface area contributed by atoms with Crippen molar-refractivity contribution in [3.8, 4) is 0 Å². The molecule has 0 heteroatoms. The maximum atomic E-state index is 2.51. The van der Waals surface area contributed by atoms with Gasteiger partial charge in [-0.25, -0.2) is 0 Å². The van der Waals surface area contributed by atoms with Crippen molar-refractivity contribution in [2.24, 2.45) is 11.3 Å². The van der Waals surface area contributed by atoms with E-state index in [2.05, 4.69) is 41.0 Å². The van der Waals surface area contributed by atoms with E-state index in [1.807, 2.05) is 0 Å². The first-order valence-electron chi connectivity index (χ1n) is 6.29. The van der Waals surface area contributed by atoms with Crippen molar-refractivity contribution < 1.29 is 0 Å². The minimum atomic E-state index is 0.500. The molecule has 0 aliphatic carbocycles. The van der Waals surface area contributed by atoms with Crippen LogP contribution in [0.15, 0.2) is 0 Å². The van der Waals surface area contributed by atoms with E-state index in [-0.39, 0.29) is 0 Å². The lowest BCUT2D eigenvalue weighted by Crippen LogP contribution is -2.06. The van der Waals surface area contributed by atoms with Gasteiger partial charge in [0.25, 0.3) is 0 Å². The summed E-state index contributed by atoms with van der Waals surface area (Å²) in [5.74, 6) is 0.823. The fourth-order valence-electron chi connectivity index (χ4n) is 1.64. The second-order valence-corrected chi connectivity index (χ2v) is 5.81. The molecule has 0 rings (SSSR count). The van der Waals surface area contributed by atoms with Crippen molar-refractivity contribution >= 4 is 0 Å². The average Bonchev–Trinajstić information content (AvgIpc) is 2.02. The molecule has 1 atom stereocenters. The molecule has 0 aromatic heterocycles. The highest BCUT2D eigenvalue weighted by molar-refractivity contribution is 4.75. The van der Waals surface area contributed by atoms with Crippen molar-refractivity contribution in [2.45, 2.75) is 73.1 Å². The first-order valence-corrected chi connectivity index (χ1v) is 6.29. The third-order valence-corrected chi connectivity index (χ3v) is 2.73. The lowest BCUT2D eigenvalue weighted by Gasteiger charge is -2.19. The molecule has 0 fully saturated rings. The van der Waals surface area contributed by atoms with Crippen LogP contribution < -0.4 is 0 Å². The van der Waals surface area contributed by atoms with E-state index in [4.69, 9.17) is 0 Å². The van der Waals surface area contributed by atoms with Crippen LogP contribution in [0, 0.1) is 17.8 Å². The number of unbranched alkanes of at least 4 members (excludes halogenated alkanes) is 2. The van der Waals surface area contributed by atoms with Gasteiger partial charge in [-0.1, -0.05) is 60.3 Å². The number of hydrogen-bond donors (Lipinski definition) is 0. The Morgan fingerprint density at radius 1 is 1.14 bits per heavy atom. The second kappa shape index (κ2) is 7.31. The molecule has 1 radical (unpaired) electrons. The smallest absolute Gasteiger partial charge is 0.0357 e. The molecule has 0 N–H and O–H groups in total. The van der Waals surface area contributed by atoms with Gasteiger partial charge in [0.15, 0.2) is 0 Å². The normalized spacial score (nSPS) is 14.4. The fraction of sp³-hybridized carbons (Fsp3) is 0.929. The zero-order valence-corrected chi connectivity index (χ0v) is 10.9. The average molecular weight is 197 g/mol. The van der Waals surface area contributed by atoms with Gasteiger partial charge < -0.3 is 0 Å². The van der Waals surface area contributed by atoms with Crippen LogP contribution in [0.25, 0.3) is 0 Å². The highest BCUT2D eigenvalue weighted by Crippen LogP contribution is 2.24. The fourth-order valence-corrected chi connectivity index (χ4v) is 1.64. The predicted octanol–water partition coefficient (Wildman–Crippen LogP) is 5.23. The first-order chi connectivity index (χ1) is 6.45. The summed E-state index contributed by atoms with van der Waals surface area (Å²) >= 11 is 0. The Bertz CT molecular complexity index is 118. The molecule has 14 heavy (non-hydrogen) atoms. The molecule has 0 aromatic carbocycles. The SMILES string of the molecule is CCCCCC(C)[CH]CCC(C)(C)C. The molecule has 0 aliphatic rings. The molecule has 0 aromatic rings. The van der Waals surface area contributed by atoms with Crippen LogP contribution in [0.2, 0.25) is 0 Å². The zero-order chi connectivity index (χ0) is 11.0. The standard InChI is InChI=1S/C14H29/c1-6-7-8-10-13(2)11-9-12-14(3,4)5/h11,13H,6-10,12H2,1-5H3. The van der Waals surface area contributed by atoms with Crippen LogP contribution in [-0.4, -0.2) is 0 Å². The van der Waals surface area contributed by atoms with Crippen molar-refractivity contribution in [3.63, 3.8) is 0 Å². The minimum absolute atomic E-state index is 0.500. The van der Waals surface area contributed by atoms with Crippen LogP contribution in [0.3, 0.4) is 0 Å². The van der Waals surface area contributed by atoms with E-state index in [1.165, 1.54) is 38.5 Å². The van der Waals surface area contributed by atoms with Crippen LogP contribution in [0.1, 0.15) is 73.1 Å². The maximum Gasteiger partial charge on any atom is -0.0357 e. The summed E-state index contributed by atoms with van der Waals surface area (Å²) in [7, 11) is 0. The highest BCUT2D eigenvalue weighted by Gasteiger charge is 2.10. The molecule has 0 amide bonds. The Morgan fingerprint density at radius 2 is 1.79 bits per heavy atom. The van der Waals surface area contributed by atoms with E-state index in [1.54, 1.807) is 0 Å². The van der Waals surface area contributed by atoms with Gasteiger partial charge in [0.1, 0.15) is 0 Å². The molecular weight excluding hydrogens is 168 g/mol. The minimum Gasteiger partial charge on any atom is -0.0654 e. The summed E-state index contributed by atoms with van der Waals surface area (Å²) in [4.78, 5) is 0. The third-order valence-electron chi connectivity index (χ3n) is 2.73. The van der Waals surface area contributed by atoms with Gasteiger partial charge in [0, 0.05) is 0 Å². The van der Waals surface area contributed by atoms with Crippen LogP contribution in [-0.2, 0) is 0 Å². The summed E-state index contributed by atoms with van der Waals surface area (Å²) in [6.45, 7) is 11.6. The Balaban J connectivity index is 3.31. The zero-order valence-electron chi connectivity index (χ0n) is 10.9. The van der Waals surface area contributed by atoms with Crippen LogP contribution in [0.5, 0.6) is 0 Å². The Kier molecular flexibility index (Phi) is 7.31. The Hall–Kier alpha value is 0. The summed E-state index contributed by atoms with van der Waals surface area (Å²) in [6, 6.07) is 0. The van der Waals surface area contributed by atoms with E-state index in [9.17, 15) is 0 Å². The van der Waals surface area contributed by atoms with E-state index < -0.39 is 0 Å². The Labute approximate surface area is 91.5 Å². The monoisotopic (exact) mass is 197 g/mol. The molecule has 85 valence electrons. The van der Waals surface area contributed by atoms with E-state index >= 15 is 0 Å². The molecule has 0 aliphatic heterocycles. The van der Waals surface area contributed by atoms with Crippen molar-refractivity contribution in [1.29, 1.82) is 0 Å². The first kappa shape index (κ1) is 14.0. The molecule has 0 bridgehead atoms. The van der Waals surface area contributed by atoms with Gasteiger partial charge in [-0.2, -0.15) is 0 Å². The van der Waals surface area contributed by atoms with Crippen molar-refractivity contribution in [2.75, 3.05) is 0 Å². The van der Waals surface area contributed by atoms with Gasteiger partial charge in [-0.15, -0.1) is 0 Å². The van der Waals surface area contributed by atoms with E-state index in [0.29, 0.717) is 5.41 Å². The van der Waals surface area contributed by atoms with Crippen molar-refractivity contribution in [1.82, 2.24) is 0 Å². The van der Waals surface area contributed by atoms with Gasteiger partial charge in [0.05, 0.1) is 0 Å². The van der Waals surface area contributed by atoms with Gasteiger partial charge >= 0.3 is 0 Å². The largest absolute Gasteiger partial charge is 0.0654 e. The van der Waals surface area contributed by atoms with Gasteiger partial charge in [0.2, 0.25) is 0 Å². The van der Waals surface area contributed by atoms with E-state index in [0.717, 1.165) is 5.92 Å². The Morgan fingerprint density at radius 3 is 2.29 bits per heavy atom. The lowest BCUT2D eigenvalue weighted by molar-refractivity contribution is 0.367. The number of rotatable bonds is 7. The van der Waals surface area contributed by atoms with Crippen LogP contribution >= 0.6 is 0 Å². The molecular formula is C14H29. The lowest BCUT2D eigenvalue weighted by atomic mass is 9.87. The topological polar surface area (TPSA) is 0 Å². The second-order valence-electron chi connectivity index (χ2n) is 5.81. The molecule has 0 nitrogen and oxygen atoms in total. The summed E-state index contributed by atoms with van der Waals surface area (Å²) in [5, 5.41) is 0.